The van der Waals surface area contributed by atoms with Gasteiger partial charge in [0.1, 0.15) is 5.75 Å². The van der Waals surface area contributed by atoms with E-state index in [-0.39, 0.29) is 5.96 Å². The highest BCUT2D eigenvalue weighted by Crippen LogP contribution is 2.37. The molecule has 0 atom stereocenters. The van der Waals surface area contributed by atoms with Gasteiger partial charge < -0.3 is 16.2 Å². The van der Waals surface area contributed by atoms with Gasteiger partial charge in [-0.3, -0.25) is 4.79 Å². The monoisotopic (exact) mass is 355 g/mol. The molecule has 0 aromatic heterocycles. The second kappa shape index (κ2) is 6.99. The van der Waals surface area contributed by atoms with E-state index in [1.807, 2.05) is 24.3 Å². The number of halogens is 1. The predicted molar refractivity (Wildman–Crippen MR) is 100.0 cm³/mol. The van der Waals surface area contributed by atoms with E-state index in [0.29, 0.717) is 16.3 Å². The lowest BCUT2D eigenvalue weighted by atomic mass is 9.85. The lowest BCUT2D eigenvalue weighted by molar-refractivity contribution is 0.100. The zero-order valence-corrected chi connectivity index (χ0v) is 14.5. The van der Waals surface area contributed by atoms with Crippen LogP contribution in [0.4, 0.5) is 0 Å². The maximum absolute atomic E-state index is 12.1. The molecule has 0 radical (unpaired) electrons. The Bertz CT molecular complexity index is 900. The van der Waals surface area contributed by atoms with Gasteiger partial charge in [0.05, 0.1) is 7.11 Å². The molecular formula is C19H18ClN3O2. The number of amides is 1. The van der Waals surface area contributed by atoms with Crippen LogP contribution in [0.1, 0.15) is 33.5 Å². The number of hydrogen-bond donors (Lipinski definition) is 2. The molecule has 0 saturated heterocycles. The first kappa shape index (κ1) is 17.0. The van der Waals surface area contributed by atoms with Crippen LogP contribution in [-0.2, 0) is 6.42 Å². The standard InChI is InChI=1S/C19H18ClN3O2/c1-25-17-10-13(20)7-8-15(17)14-4-2-3-11-5-6-12(9-16(11)14)18(24)23-19(21)22/h4-10H,2-3H2,1H3,(H4,21,22,23,24). The molecule has 0 fully saturated rings. The van der Waals surface area contributed by atoms with E-state index in [0.717, 1.165) is 35.1 Å². The summed E-state index contributed by atoms with van der Waals surface area (Å²) in [7, 11) is 1.61. The first-order valence-corrected chi connectivity index (χ1v) is 8.18. The third-order valence-electron chi connectivity index (χ3n) is 4.09. The normalized spacial score (nSPS) is 12.8. The summed E-state index contributed by atoms with van der Waals surface area (Å²) in [4.78, 5) is 15.8. The molecule has 2 aromatic carbocycles. The Morgan fingerprint density at radius 2 is 1.96 bits per heavy atom. The Labute approximate surface area is 151 Å². The van der Waals surface area contributed by atoms with Crippen LogP contribution in [0, 0.1) is 0 Å². The van der Waals surface area contributed by atoms with Gasteiger partial charge in [-0.2, -0.15) is 4.99 Å². The minimum Gasteiger partial charge on any atom is -0.496 e. The van der Waals surface area contributed by atoms with Crippen molar-refractivity contribution in [3.63, 3.8) is 0 Å². The highest BCUT2D eigenvalue weighted by atomic mass is 35.5. The number of hydrogen-bond acceptors (Lipinski definition) is 2. The van der Waals surface area contributed by atoms with Crippen molar-refractivity contribution in [3.8, 4) is 5.75 Å². The molecule has 0 bridgehead atoms. The molecule has 1 aliphatic rings. The topological polar surface area (TPSA) is 90.7 Å². The second-order valence-electron chi connectivity index (χ2n) is 5.71. The fraction of sp³-hybridized carbons (Fsp3) is 0.158. The van der Waals surface area contributed by atoms with E-state index in [4.69, 9.17) is 27.8 Å². The van der Waals surface area contributed by atoms with Gasteiger partial charge in [-0.25, -0.2) is 0 Å². The Balaban J connectivity index is 2.10. The number of aliphatic imine (C=N–C) groups is 1. The number of rotatable bonds is 3. The Morgan fingerprint density at radius 1 is 1.16 bits per heavy atom. The molecule has 1 amide bonds. The van der Waals surface area contributed by atoms with Gasteiger partial charge >= 0.3 is 0 Å². The number of fused-ring (bicyclic) bond motifs is 1. The van der Waals surface area contributed by atoms with E-state index < -0.39 is 5.91 Å². The molecule has 3 rings (SSSR count). The van der Waals surface area contributed by atoms with Gasteiger partial charge in [0.25, 0.3) is 5.91 Å². The molecule has 6 heteroatoms. The summed E-state index contributed by atoms with van der Waals surface area (Å²) in [6, 6.07) is 11.0. The number of ether oxygens (including phenoxy) is 1. The van der Waals surface area contributed by atoms with Crippen molar-refractivity contribution in [1.82, 2.24) is 0 Å². The van der Waals surface area contributed by atoms with Gasteiger partial charge in [-0.15, -0.1) is 0 Å². The van der Waals surface area contributed by atoms with Crippen molar-refractivity contribution in [3.05, 3.63) is 69.8 Å². The van der Waals surface area contributed by atoms with Crippen molar-refractivity contribution in [2.75, 3.05) is 7.11 Å². The summed E-state index contributed by atoms with van der Waals surface area (Å²) >= 11 is 6.07. The summed E-state index contributed by atoms with van der Waals surface area (Å²) in [5, 5.41) is 0.605. The van der Waals surface area contributed by atoms with E-state index in [1.54, 1.807) is 19.2 Å². The van der Waals surface area contributed by atoms with Crippen LogP contribution in [0.5, 0.6) is 5.75 Å². The van der Waals surface area contributed by atoms with Crippen LogP contribution < -0.4 is 16.2 Å². The number of aryl methyl sites for hydroxylation is 1. The number of guanidine groups is 1. The van der Waals surface area contributed by atoms with Crippen LogP contribution in [0.2, 0.25) is 5.02 Å². The third kappa shape index (κ3) is 3.51. The summed E-state index contributed by atoms with van der Waals surface area (Å²) < 4.78 is 5.48. The average molecular weight is 356 g/mol. The molecule has 2 aromatic rings. The second-order valence-corrected chi connectivity index (χ2v) is 6.15. The van der Waals surface area contributed by atoms with Gasteiger partial charge in [0, 0.05) is 16.1 Å². The van der Waals surface area contributed by atoms with Crippen LogP contribution in [0.3, 0.4) is 0 Å². The average Bonchev–Trinajstić information content (AvgIpc) is 2.60. The highest BCUT2D eigenvalue weighted by Gasteiger charge is 2.19. The number of nitrogens with zero attached hydrogens (tertiary/aromatic N) is 1. The number of nitrogens with two attached hydrogens (primary N) is 2. The van der Waals surface area contributed by atoms with E-state index >= 15 is 0 Å². The van der Waals surface area contributed by atoms with Gasteiger partial charge in [0.2, 0.25) is 0 Å². The largest absolute Gasteiger partial charge is 0.496 e. The first-order valence-electron chi connectivity index (χ1n) is 7.81. The maximum Gasteiger partial charge on any atom is 0.280 e. The van der Waals surface area contributed by atoms with E-state index in [2.05, 4.69) is 11.1 Å². The molecule has 128 valence electrons. The highest BCUT2D eigenvalue weighted by molar-refractivity contribution is 6.30. The van der Waals surface area contributed by atoms with Gasteiger partial charge in [-0.05, 0) is 59.9 Å². The lowest BCUT2D eigenvalue weighted by Gasteiger charge is -2.20. The molecule has 0 aliphatic heterocycles. The van der Waals surface area contributed by atoms with Crippen molar-refractivity contribution in [1.29, 1.82) is 0 Å². The van der Waals surface area contributed by atoms with E-state index in [9.17, 15) is 4.79 Å². The fourth-order valence-corrected chi connectivity index (χ4v) is 3.15. The predicted octanol–water partition coefficient (Wildman–Crippen LogP) is 3.14. The van der Waals surface area contributed by atoms with Gasteiger partial charge in [-0.1, -0.05) is 23.7 Å². The minimum atomic E-state index is -0.462. The molecule has 0 saturated carbocycles. The smallest absolute Gasteiger partial charge is 0.280 e. The Kier molecular flexibility index (Phi) is 4.76. The van der Waals surface area contributed by atoms with Crippen molar-refractivity contribution in [2.24, 2.45) is 16.5 Å². The molecule has 5 nitrogen and oxygen atoms in total. The zero-order chi connectivity index (χ0) is 18.0. The first-order chi connectivity index (χ1) is 12.0. The third-order valence-corrected chi connectivity index (χ3v) is 4.33. The van der Waals surface area contributed by atoms with Crippen LogP contribution >= 0.6 is 11.6 Å². The van der Waals surface area contributed by atoms with Crippen molar-refractivity contribution in [2.45, 2.75) is 12.8 Å². The SMILES string of the molecule is COc1cc(Cl)ccc1C1=CCCc2ccc(C(=O)N=C(N)N)cc21. The fourth-order valence-electron chi connectivity index (χ4n) is 2.98. The number of methoxy groups -OCH3 is 1. The maximum atomic E-state index is 12.1. The number of carbonyl (C=O) groups excluding carboxylic acids is 1. The molecule has 25 heavy (non-hydrogen) atoms. The zero-order valence-electron chi connectivity index (χ0n) is 13.8. The molecular weight excluding hydrogens is 338 g/mol. The summed E-state index contributed by atoms with van der Waals surface area (Å²) in [6.45, 7) is 0. The Morgan fingerprint density at radius 3 is 2.68 bits per heavy atom. The van der Waals surface area contributed by atoms with Crippen LogP contribution in [0.15, 0.2) is 47.5 Å². The number of benzene rings is 2. The lowest BCUT2D eigenvalue weighted by Crippen LogP contribution is -2.24. The molecule has 0 spiro atoms. The molecule has 1 aliphatic carbocycles. The Hall–Kier alpha value is -2.79. The summed E-state index contributed by atoms with van der Waals surface area (Å²) in [5.41, 5.74) is 15.1. The molecule has 0 unspecified atom stereocenters. The minimum absolute atomic E-state index is 0.252. The van der Waals surface area contributed by atoms with Gasteiger partial charge in [0.15, 0.2) is 5.96 Å². The van der Waals surface area contributed by atoms with Crippen molar-refractivity contribution < 1.29 is 9.53 Å². The van der Waals surface area contributed by atoms with E-state index in [1.165, 1.54) is 0 Å². The molecule has 4 N–H and O–H groups in total. The number of allylic oxidation sites excluding steroid dienone is 1. The number of carbonyl (C=O) groups is 1. The van der Waals surface area contributed by atoms with Crippen molar-refractivity contribution >= 4 is 29.0 Å². The van der Waals surface area contributed by atoms with Crippen LogP contribution in [0.25, 0.3) is 5.57 Å². The summed E-state index contributed by atoms with van der Waals surface area (Å²) in [5.74, 6) is -0.0267. The molecule has 0 heterocycles. The summed E-state index contributed by atoms with van der Waals surface area (Å²) in [6.07, 6.45) is 3.96. The van der Waals surface area contributed by atoms with Crippen LogP contribution in [-0.4, -0.2) is 19.0 Å². The quantitative estimate of drug-likeness (QED) is 0.653.